The van der Waals surface area contributed by atoms with Crippen molar-refractivity contribution in [1.29, 1.82) is 0 Å². The fraction of sp³-hybridized carbons (Fsp3) is 0.455. The van der Waals surface area contributed by atoms with Crippen molar-refractivity contribution >= 4 is 5.91 Å². The first-order valence-corrected chi connectivity index (χ1v) is 4.64. The molecule has 14 heavy (non-hydrogen) atoms. The fourth-order valence-electron chi connectivity index (χ4n) is 1.01. The van der Waals surface area contributed by atoms with Gasteiger partial charge in [-0.15, -0.1) is 0 Å². The van der Waals surface area contributed by atoms with Crippen molar-refractivity contribution < 1.29 is 4.79 Å². The van der Waals surface area contributed by atoms with Gasteiger partial charge >= 0.3 is 0 Å². The molecule has 3 heteroatoms. The Labute approximate surface area is 84.6 Å². The molecule has 0 aliphatic heterocycles. The first-order chi connectivity index (χ1) is 6.38. The topological polar surface area (TPSA) is 42.0 Å². The molecule has 0 fully saturated rings. The van der Waals surface area contributed by atoms with Gasteiger partial charge in [0.25, 0.3) is 5.91 Å². The van der Waals surface area contributed by atoms with E-state index in [1.165, 1.54) is 0 Å². The Morgan fingerprint density at radius 3 is 2.43 bits per heavy atom. The number of pyridine rings is 1. The third-order valence-electron chi connectivity index (χ3n) is 1.63. The SMILES string of the molecule is Cc1ccc(C(=O)NC(C)(C)C)nc1. The standard InChI is InChI=1S/C11H16N2O/c1-8-5-6-9(12-7-8)10(14)13-11(2,3)4/h5-7H,1-4H3,(H,13,14). The zero-order valence-electron chi connectivity index (χ0n) is 9.09. The molecule has 0 radical (unpaired) electrons. The van der Waals surface area contributed by atoms with Crippen molar-refractivity contribution in [3.63, 3.8) is 0 Å². The molecule has 1 aromatic heterocycles. The summed E-state index contributed by atoms with van der Waals surface area (Å²) in [5.74, 6) is -0.127. The van der Waals surface area contributed by atoms with Gasteiger partial charge in [-0.05, 0) is 39.3 Å². The van der Waals surface area contributed by atoms with E-state index < -0.39 is 0 Å². The number of carbonyl (C=O) groups is 1. The highest BCUT2D eigenvalue weighted by Gasteiger charge is 2.15. The number of hydrogen-bond donors (Lipinski definition) is 1. The van der Waals surface area contributed by atoms with Crippen LogP contribution in [0, 0.1) is 6.92 Å². The zero-order valence-corrected chi connectivity index (χ0v) is 9.09. The molecule has 0 aromatic carbocycles. The van der Waals surface area contributed by atoms with Gasteiger partial charge in [-0.25, -0.2) is 0 Å². The lowest BCUT2D eigenvalue weighted by atomic mass is 10.1. The Bertz CT molecular complexity index is 322. The van der Waals surface area contributed by atoms with E-state index in [1.807, 2.05) is 33.8 Å². The summed E-state index contributed by atoms with van der Waals surface area (Å²) in [6.45, 7) is 7.77. The van der Waals surface area contributed by atoms with E-state index in [2.05, 4.69) is 10.3 Å². The molecule has 1 N–H and O–H groups in total. The van der Waals surface area contributed by atoms with Gasteiger partial charge in [0.2, 0.25) is 0 Å². The maximum Gasteiger partial charge on any atom is 0.270 e. The number of hydrogen-bond acceptors (Lipinski definition) is 2. The van der Waals surface area contributed by atoms with Crippen molar-refractivity contribution in [1.82, 2.24) is 10.3 Å². The van der Waals surface area contributed by atoms with Crippen LogP contribution < -0.4 is 5.32 Å². The van der Waals surface area contributed by atoms with E-state index in [-0.39, 0.29) is 11.4 Å². The number of aromatic nitrogens is 1. The Kier molecular flexibility index (Phi) is 2.89. The third kappa shape index (κ3) is 3.17. The van der Waals surface area contributed by atoms with E-state index in [0.29, 0.717) is 5.69 Å². The van der Waals surface area contributed by atoms with Crippen LogP contribution in [0.15, 0.2) is 18.3 Å². The molecule has 0 spiro atoms. The monoisotopic (exact) mass is 192 g/mol. The average Bonchev–Trinajstić information content (AvgIpc) is 2.02. The van der Waals surface area contributed by atoms with Crippen molar-refractivity contribution in [2.45, 2.75) is 33.2 Å². The summed E-state index contributed by atoms with van der Waals surface area (Å²) in [7, 11) is 0. The van der Waals surface area contributed by atoms with Crippen LogP contribution in [0.1, 0.15) is 36.8 Å². The minimum atomic E-state index is -0.219. The van der Waals surface area contributed by atoms with E-state index in [1.54, 1.807) is 12.3 Å². The largest absolute Gasteiger partial charge is 0.346 e. The maximum absolute atomic E-state index is 11.6. The number of amides is 1. The van der Waals surface area contributed by atoms with Crippen molar-refractivity contribution in [3.8, 4) is 0 Å². The normalized spacial score (nSPS) is 11.1. The maximum atomic E-state index is 11.6. The van der Waals surface area contributed by atoms with E-state index in [9.17, 15) is 4.79 Å². The summed E-state index contributed by atoms with van der Waals surface area (Å²) in [5, 5.41) is 2.85. The predicted octanol–water partition coefficient (Wildman–Crippen LogP) is 1.92. The number of rotatable bonds is 1. The Balaban J connectivity index is 2.76. The molecular weight excluding hydrogens is 176 g/mol. The van der Waals surface area contributed by atoms with Crippen LogP contribution in [-0.2, 0) is 0 Å². The molecule has 76 valence electrons. The van der Waals surface area contributed by atoms with Gasteiger partial charge in [-0.1, -0.05) is 6.07 Å². The minimum absolute atomic E-state index is 0.127. The summed E-state index contributed by atoms with van der Waals surface area (Å²) >= 11 is 0. The quantitative estimate of drug-likeness (QED) is 0.738. The number of nitrogens with zero attached hydrogens (tertiary/aromatic N) is 1. The first kappa shape index (κ1) is 10.7. The highest BCUT2D eigenvalue weighted by molar-refractivity contribution is 5.92. The van der Waals surface area contributed by atoms with Gasteiger partial charge in [0.1, 0.15) is 5.69 Å². The molecule has 0 saturated carbocycles. The van der Waals surface area contributed by atoms with Gasteiger partial charge in [0.15, 0.2) is 0 Å². The number of carbonyl (C=O) groups excluding carboxylic acids is 1. The highest BCUT2D eigenvalue weighted by atomic mass is 16.2. The zero-order chi connectivity index (χ0) is 10.8. The minimum Gasteiger partial charge on any atom is -0.346 e. The van der Waals surface area contributed by atoms with Gasteiger partial charge in [0, 0.05) is 11.7 Å². The second-order valence-corrected chi connectivity index (χ2v) is 4.42. The van der Waals surface area contributed by atoms with Crippen molar-refractivity contribution in [3.05, 3.63) is 29.6 Å². The first-order valence-electron chi connectivity index (χ1n) is 4.64. The Morgan fingerprint density at radius 2 is 2.00 bits per heavy atom. The molecule has 0 atom stereocenters. The van der Waals surface area contributed by atoms with Gasteiger partial charge in [0.05, 0.1) is 0 Å². The lowest BCUT2D eigenvalue weighted by molar-refractivity contribution is 0.0914. The van der Waals surface area contributed by atoms with Crippen LogP contribution >= 0.6 is 0 Å². The summed E-state index contributed by atoms with van der Waals surface area (Å²) in [4.78, 5) is 15.6. The summed E-state index contributed by atoms with van der Waals surface area (Å²) in [6, 6.07) is 3.61. The number of aryl methyl sites for hydroxylation is 1. The lowest BCUT2D eigenvalue weighted by Gasteiger charge is -2.19. The van der Waals surface area contributed by atoms with Gasteiger partial charge < -0.3 is 5.32 Å². The predicted molar refractivity (Wildman–Crippen MR) is 56.2 cm³/mol. The molecule has 0 aliphatic carbocycles. The molecule has 0 aliphatic rings. The Morgan fingerprint density at radius 1 is 1.36 bits per heavy atom. The number of nitrogens with one attached hydrogen (secondary N) is 1. The molecule has 1 rings (SSSR count). The van der Waals surface area contributed by atoms with Crippen molar-refractivity contribution in [2.24, 2.45) is 0 Å². The highest BCUT2D eigenvalue weighted by Crippen LogP contribution is 2.03. The van der Waals surface area contributed by atoms with Crippen LogP contribution in [0.2, 0.25) is 0 Å². The smallest absolute Gasteiger partial charge is 0.270 e. The lowest BCUT2D eigenvalue weighted by Crippen LogP contribution is -2.40. The molecule has 3 nitrogen and oxygen atoms in total. The third-order valence-corrected chi connectivity index (χ3v) is 1.63. The average molecular weight is 192 g/mol. The summed E-state index contributed by atoms with van der Waals surface area (Å²) in [6.07, 6.45) is 1.69. The molecule has 0 unspecified atom stereocenters. The second kappa shape index (κ2) is 3.78. The van der Waals surface area contributed by atoms with Gasteiger partial charge in [-0.3, -0.25) is 9.78 Å². The molecular formula is C11H16N2O. The second-order valence-electron chi connectivity index (χ2n) is 4.42. The van der Waals surface area contributed by atoms with Crippen LogP contribution in [0.5, 0.6) is 0 Å². The van der Waals surface area contributed by atoms with Crippen molar-refractivity contribution in [2.75, 3.05) is 0 Å². The van der Waals surface area contributed by atoms with Crippen LogP contribution in [0.4, 0.5) is 0 Å². The van der Waals surface area contributed by atoms with E-state index >= 15 is 0 Å². The molecule has 1 heterocycles. The van der Waals surface area contributed by atoms with Crippen LogP contribution in [-0.4, -0.2) is 16.4 Å². The molecule has 0 saturated heterocycles. The van der Waals surface area contributed by atoms with Gasteiger partial charge in [-0.2, -0.15) is 0 Å². The van der Waals surface area contributed by atoms with Crippen LogP contribution in [0.25, 0.3) is 0 Å². The van der Waals surface area contributed by atoms with Crippen LogP contribution in [0.3, 0.4) is 0 Å². The Hall–Kier alpha value is -1.38. The van der Waals surface area contributed by atoms with E-state index in [4.69, 9.17) is 0 Å². The molecule has 1 aromatic rings. The summed E-state index contributed by atoms with van der Waals surface area (Å²) in [5.41, 5.74) is 1.30. The van der Waals surface area contributed by atoms with E-state index in [0.717, 1.165) is 5.56 Å². The fourth-order valence-corrected chi connectivity index (χ4v) is 1.01. The molecule has 1 amide bonds. The molecule has 0 bridgehead atoms. The summed E-state index contributed by atoms with van der Waals surface area (Å²) < 4.78 is 0.